The van der Waals surface area contributed by atoms with Gasteiger partial charge >= 0.3 is 12.2 Å². The zero-order valence-corrected chi connectivity index (χ0v) is 12.7. The average Bonchev–Trinajstić information content (AvgIpc) is 2.95. The maximum Gasteiger partial charge on any atom is 0.416 e. The van der Waals surface area contributed by atoms with Crippen molar-refractivity contribution in [1.82, 2.24) is 9.47 Å². The summed E-state index contributed by atoms with van der Waals surface area (Å²) in [7, 11) is 0. The molecule has 1 aliphatic heterocycles. The van der Waals surface area contributed by atoms with Gasteiger partial charge < -0.3 is 14.8 Å². The fraction of sp³-hybridized carbons (Fsp3) is 0.267. The van der Waals surface area contributed by atoms with Crippen molar-refractivity contribution < 1.29 is 18.0 Å². The van der Waals surface area contributed by atoms with E-state index in [1.807, 2.05) is 22.9 Å². The molecule has 23 heavy (non-hydrogen) atoms. The second-order valence-electron chi connectivity index (χ2n) is 5.24. The van der Waals surface area contributed by atoms with Crippen LogP contribution >= 0.6 is 11.6 Å². The Bertz CT molecular complexity index is 742. The average molecular weight is 344 g/mol. The third-order valence-electron chi connectivity index (χ3n) is 3.71. The molecular formula is C15H13ClF3N3O. The standard InChI is InChI=1S/C15H13ClF3N3O/c16-12-4-3-10(15(17,18)19)8-13(12)20-14(23)22-7-6-21-5-1-2-11(21)9-22/h1-5,8H,6-7,9H2,(H,20,23). The summed E-state index contributed by atoms with van der Waals surface area (Å²) in [6.45, 7) is 1.52. The van der Waals surface area contributed by atoms with Crippen LogP contribution in [0.25, 0.3) is 0 Å². The fourth-order valence-corrected chi connectivity index (χ4v) is 2.64. The van der Waals surface area contributed by atoms with Gasteiger partial charge in [-0.3, -0.25) is 0 Å². The summed E-state index contributed by atoms with van der Waals surface area (Å²) in [6.07, 6.45) is -2.57. The summed E-state index contributed by atoms with van der Waals surface area (Å²) >= 11 is 5.89. The maximum atomic E-state index is 12.8. The molecule has 0 aliphatic carbocycles. The number of alkyl halides is 3. The number of nitrogens with zero attached hydrogens (tertiary/aromatic N) is 2. The van der Waals surface area contributed by atoms with Crippen LogP contribution in [0.15, 0.2) is 36.5 Å². The molecular weight excluding hydrogens is 331 g/mol. The van der Waals surface area contributed by atoms with Gasteiger partial charge in [-0.1, -0.05) is 11.6 Å². The Morgan fingerprint density at radius 3 is 2.74 bits per heavy atom. The third-order valence-corrected chi connectivity index (χ3v) is 4.04. The highest BCUT2D eigenvalue weighted by Gasteiger charge is 2.31. The largest absolute Gasteiger partial charge is 0.416 e. The zero-order valence-electron chi connectivity index (χ0n) is 11.9. The van der Waals surface area contributed by atoms with Crippen molar-refractivity contribution in [3.8, 4) is 0 Å². The van der Waals surface area contributed by atoms with Crippen LogP contribution < -0.4 is 5.32 Å². The van der Waals surface area contributed by atoms with Crippen molar-refractivity contribution in [2.75, 3.05) is 11.9 Å². The van der Waals surface area contributed by atoms with Crippen LogP contribution in [0.1, 0.15) is 11.3 Å². The number of fused-ring (bicyclic) bond motifs is 1. The molecule has 0 bridgehead atoms. The number of aromatic nitrogens is 1. The molecule has 122 valence electrons. The van der Waals surface area contributed by atoms with Gasteiger partial charge in [-0.05, 0) is 30.3 Å². The van der Waals surface area contributed by atoms with Gasteiger partial charge in [-0.15, -0.1) is 0 Å². The number of nitrogens with one attached hydrogen (secondary N) is 1. The van der Waals surface area contributed by atoms with Crippen LogP contribution in [0, 0.1) is 0 Å². The number of benzene rings is 1. The van der Waals surface area contributed by atoms with E-state index in [1.54, 1.807) is 0 Å². The van der Waals surface area contributed by atoms with Crippen molar-refractivity contribution >= 4 is 23.3 Å². The summed E-state index contributed by atoms with van der Waals surface area (Å²) in [5.41, 5.74) is 0.0682. The lowest BCUT2D eigenvalue weighted by Crippen LogP contribution is -2.40. The maximum absolute atomic E-state index is 12.8. The Labute approximate surface area is 135 Å². The molecule has 4 nitrogen and oxygen atoms in total. The monoisotopic (exact) mass is 343 g/mol. The number of halogens is 4. The van der Waals surface area contributed by atoms with E-state index in [-0.39, 0.29) is 10.7 Å². The molecule has 3 rings (SSSR count). The Morgan fingerprint density at radius 1 is 1.22 bits per heavy atom. The van der Waals surface area contributed by atoms with Crippen molar-refractivity contribution in [3.63, 3.8) is 0 Å². The Hall–Kier alpha value is -2.15. The highest BCUT2D eigenvalue weighted by Crippen LogP contribution is 2.34. The molecule has 1 aliphatic rings. The minimum atomic E-state index is -4.49. The van der Waals surface area contributed by atoms with Gasteiger partial charge in [0.15, 0.2) is 0 Å². The Balaban J connectivity index is 1.76. The molecule has 2 aromatic rings. The molecule has 0 radical (unpaired) electrons. The van der Waals surface area contributed by atoms with E-state index in [2.05, 4.69) is 5.32 Å². The molecule has 8 heteroatoms. The van der Waals surface area contributed by atoms with Crippen LogP contribution in [0.3, 0.4) is 0 Å². The quantitative estimate of drug-likeness (QED) is 0.827. The van der Waals surface area contributed by atoms with Crippen LogP contribution in [0.2, 0.25) is 5.02 Å². The first-order chi connectivity index (χ1) is 10.8. The molecule has 0 saturated heterocycles. The number of carbonyl (C=O) groups is 1. The summed E-state index contributed by atoms with van der Waals surface area (Å²) < 4.78 is 40.3. The van der Waals surface area contributed by atoms with Gasteiger partial charge in [-0.2, -0.15) is 13.2 Å². The second kappa shape index (κ2) is 5.81. The van der Waals surface area contributed by atoms with Crippen molar-refractivity contribution in [2.45, 2.75) is 19.3 Å². The van der Waals surface area contributed by atoms with E-state index in [1.165, 1.54) is 4.90 Å². The lowest BCUT2D eigenvalue weighted by molar-refractivity contribution is -0.137. The highest BCUT2D eigenvalue weighted by molar-refractivity contribution is 6.33. The number of hydrogen-bond donors (Lipinski definition) is 1. The van der Waals surface area contributed by atoms with Gasteiger partial charge in [0.1, 0.15) is 0 Å². The zero-order chi connectivity index (χ0) is 16.6. The minimum Gasteiger partial charge on any atom is -0.348 e. The molecule has 2 heterocycles. The smallest absolute Gasteiger partial charge is 0.348 e. The van der Waals surface area contributed by atoms with E-state index in [0.717, 1.165) is 23.9 Å². The molecule has 0 fully saturated rings. The van der Waals surface area contributed by atoms with Crippen molar-refractivity contribution in [1.29, 1.82) is 0 Å². The van der Waals surface area contributed by atoms with E-state index in [4.69, 9.17) is 11.6 Å². The fourth-order valence-electron chi connectivity index (χ4n) is 2.48. The number of amides is 2. The van der Waals surface area contributed by atoms with Gasteiger partial charge in [0.05, 0.1) is 22.8 Å². The third kappa shape index (κ3) is 3.29. The van der Waals surface area contributed by atoms with E-state index >= 15 is 0 Å². The highest BCUT2D eigenvalue weighted by atomic mass is 35.5. The van der Waals surface area contributed by atoms with Gasteiger partial charge in [0.2, 0.25) is 0 Å². The predicted molar refractivity (Wildman–Crippen MR) is 80.3 cm³/mol. The van der Waals surface area contributed by atoms with Crippen LogP contribution in [-0.4, -0.2) is 22.0 Å². The van der Waals surface area contributed by atoms with Crippen LogP contribution in [0.5, 0.6) is 0 Å². The molecule has 1 aromatic carbocycles. The Kier molecular flexibility index (Phi) is 3.97. The number of rotatable bonds is 1. The first-order valence-electron chi connectivity index (χ1n) is 6.91. The normalized spacial score (nSPS) is 14.5. The molecule has 2 amide bonds. The second-order valence-corrected chi connectivity index (χ2v) is 5.64. The van der Waals surface area contributed by atoms with Crippen LogP contribution in [0.4, 0.5) is 23.7 Å². The van der Waals surface area contributed by atoms with Crippen LogP contribution in [-0.2, 0) is 19.3 Å². The van der Waals surface area contributed by atoms with E-state index in [0.29, 0.717) is 19.6 Å². The van der Waals surface area contributed by atoms with Crippen molar-refractivity contribution in [2.24, 2.45) is 0 Å². The number of urea groups is 1. The summed E-state index contributed by atoms with van der Waals surface area (Å²) in [4.78, 5) is 13.8. The lowest BCUT2D eigenvalue weighted by Gasteiger charge is -2.29. The summed E-state index contributed by atoms with van der Waals surface area (Å²) in [6, 6.07) is 6.16. The first-order valence-corrected chi connectivity index (χ1v) is 7.29. The van der Waals surface area contributed by atoms with E-state index < -0.39 is 17.8 Å². The Morgan fingerprint density at radius 2 is 2.00 bits per heavy atom. The minimum absolute atomic E-state index is 0.0487. The first kappa shape index (κ1) is 15.7. The topological polar surface area (TPSA) is 37.3 Å². The number of carbonyl (C=O) groups excluding carboxylic acids is 1. The molecule has 0 spiro atoms. The number of anilines is 1. The van der Waals surface area contributed by atoms with Gasteiger partial charge in [0, 0.05) is 25.0 Å². The van der Waals surface area contributed by atoms with E-state index in [9.17, 15) is 18.0 Å². The molecule has 0 atom stereocenters. The number of hydrogen-bond acceptors (Lipinski definition) is 1. The van der Waals surface area contributed by atoms with Gasteiger partial charge in [0.25, 0.3) is 0 Å². The summed E-state index contributed by atoms with van der Waals surface area (Å²) in [5.74, 6) is 0. The SMILES string of the molecule is O=C(Nc1cc(C(F)(F)F)ccc1Cl)N1CCn2cccc2C1. The summed E-state index contributed by atoms with van der Waals surface area (Å²) in [5, 5.41) is 2.52. The molecule has 1 N–H and O–H groups in total. The van der Waals surface area contributed by atoms with Crippen molar-refractivity contribution in [3.05, 3.63) is 52.8 Å². The predicted octanol–water partition coefficient (Wildman–Crippen LogP) is 4.21. The lowest BCUT2D eigenvalue weighted by atomic mass is 10.2. The molecule has 0 unspecified atom stereocenters. The van der Waals surface area contributed by atoms with Gasteiger partial charge in [-0.25, -0.2) is 4.79 Å². The molecule has 0 saturated carbocycles. The molecule has 1 aromatic heterocycles.